The minimum absolute atomic E-state index is 0.110. The first-order chi connectivity index (χ1) is 9.59. The van der Waals surface area contributed by atoms with Gasteiger partial charge in [-0.2, -0.15) is 0 Å². The molecule has 1 aromatic carbocycles. The van der Waals surface area contributed by atoms with Crippen LogP contribution in [0.3, 0.4) is 0 Å². The van der Waals surface area contributed by atoms with Crippen LogP contribution in [0.5, 0.6) is 0 Å². The van der Waals surface area contributed by atoms with Crippen LogP contribution in [0.1, 0.15) is 11.3 Å². The summed E-state index contributed by atoms with van der Waals surface area (Å²) < 4.78 is 0. The highest BCUT2D eigenvalue weighted by Gasteiger charge is 2.33. The van der Waals surface area contributed by atoms with Crippen molar-refractivity contribution in [3.63, 3.8) is 0 Å². The van der Waals surface area contributed by atoms with Gasteiger partial charge in [-0.15, -0.1) is 22.9 Å². The van der Waals surface area contributed by atoms with Crippen molar-refractivity contribution in [3.8, 4) is 10.6 Å². The van der Waals surface area contributed by atoms with Crippen LogP contribution in [0.25, 0.3) is 10.6 Å². The van der Waals surface area contributed by atoms with Gasteiger partial charge in [0.2, 0.25) is 0 Å². The van der Waals surface area contributed by atoms with Crippen molar-refractivity contribution >= 4 is 39.7 Å². The van der Waals surface area contributed by atoms with Gasteiger partial charge in [-0.25, -0.2) is 9.98 Å². The summed E-state index contributed by atoms with van der Waals surface area (Å²) in [5, 5.41) is 13.7. The molecule has 1 aromatic heterocycles. The van der Waals surface area contributed by atoms with Crippen molar-refractivity contribution in [2.75, 3.05) is 11.6 Å². The van der Waals surface area contributed by atoms with Gasteiger partial charge in [0.1, 0.15) is 15.7 Å². The maximum atomic E-state index is 10.0. The van der Waals surface area contributed by atoms with Gasteiger partial charge in [0.15, 0.2) is 5.72 Å². The molecule has 2 heterocycles. The van der Waals surface area contributed by atoms with Gasteiger partial charge < -0.3 is 5.11 Å². The van der Waals surface area contributed by atoms with E-state index in [1.54, 1.807) is 11.3 Å². The van der Waals surface area contributed by atoms with Crippen molar-refractivity contribution in [3.05, 3.63) is 40.9 Å². The van der Waals surface area contributed by atoms with Gasteiger partial charge in [0, 0.05) is 10.9 Å². The molecule has 0 amide bonds. The Morgan fingerprint density at radius 1 is 1.35 bits per heavy atom. The van der Waals surface area contributed by atoms with E-state index in [-0.39, 0.29) is 5.88 Å². The summed E-state index contributed by atoms with van der Waals surface area (Å²) in [6, 6.07) is 8.28. The standard InChI is InChI=1S/C14H13ClN2OS2/c1-9-2-4-10(5-3-9)12-16-11(6-19-12)13-17-14(18,7-15)8-20-13/h2-6,18H,7-8H2,1H3. The van der Waals surface area contributed by atoms with E-state index in [9.17, 15) is 5.11 Å². The lowest BCUT2D eigenvalue weighted by Gasteiger charge is -2.12. The predicted molar refractivity (Wildman–Crippen MR) is 87.0 cm³/mol. The Balaban J connectivity index is 1.88. The molecule has 20 heavy (non-hydrogen) atoms. The van der Waals surface area contributed by atoms with Crippen LogP contribution < -0.4 is 0 Å². The van der Waals surface area contributed by atoms with Crippen LogP contribution in [-0.4, -0.2) is 32.5 Å². The van der Waals surface area contributed by atoms with E-state index in [4.69, 9.17) is 11.6 Å². The average Bonchev–Trinajstić information content (AvgIpc) is 3.07. The minimum atomic E-state index is -1.14. The van der Waals surface area contributed by atoms with Crippen LogP contribution in [-0.2, 0) is 0 Å². The zero-order valence-electron chi connectivity index (χ0n) is 10.8. The molecule has 0 saturated carbocycles. The van der Waals surface area contributed by atoms with E-state index >= 15 is 0 Å². The molecule has 3 rings (SSSR count). The number of nitrogens with zero attached hydrogens (tertiary/aromatic N) is 2. The molecule has 1 atom stereocenters. The number of thiazole rings is 1. The van der Waals surface area contributed by atoms with Crippen molar-refractivity contribution in [2.45, 2.75) is 12.6 Å². The number of aliphatic imine (C=N–C) groups is 1. The second-order valence-electron chi connectivity index (χ2n) is 4.73. The fourth-order valence-corrected chi connectivity index (χ4v) is 4.01. The summed E-state index contributed by atoms with van der Waals surface area (Å²) in [5.74, 6) is 0.599. The summed E-state index contributed by atoms with van der Waals surface area (Å²) in [6.45, 7) is 2.06. The zero-order chi connectivity index (χ0) is 14.2. The van der Waals surface area contributed by atoms with Crippen LogP contribution in [0.15, 0.2) is 34.6 Å². The summed E-state index contributed by atoms with van der Waals surface area (Å²) in [6.07, 6.45) is 0. The Kier molecular flexibility index (Phi) is 3.86. The molecule has 0 saturated heterocycles. The van der Waals surface area contributed by atoms with Crippen LogP contribution >= 0.6 is 34.7 Å². The number of halogens is 1. The monoisotopic (exact) mass is 324 g/mol. The molecule has 0 fully saturated rings. The largest absolute Gasteiger partial charge is 0.367 e. The molecule has 1 aliphatic heterocycles. The van der Waals surface area contributed by atoms with E-state index in [0.717, 1.165) is 21.3 Å². The minimum Gasteiger partial charge on any atom is -0.367 e. The normalized spacial score (nSPS) is 22.1. The number of aromatic nitrogens is 1. The van der Waals surface area contributed by atoms with Crippen LogP contribution in [0.2, 0.25) is 0 Å². The lowest BCUT2D eigenvalue weighted by Crippen LogP contribution is -2.28. The van der Waals surface area contributed by atoms with Gasteiger partial charge in [0.25, 0.3) is 0 Å². The molecule has 104 valence electrons. The van der Waals surface area contributed by atoms with E-state index in [1.807, 2.05) is 5.38 Å². The van der Waals surface area contributed by atoms with Crippen molar-refractivity contribution in [1.29, 1.82) is 0 Å². The van der Waals surface area contributed by atoms with Crippen LogP contribution in [0.4, 0.5) is 0 Å². The fourth-order valence-electron chi connectivity index (χ4n) is 1.84. The third-order valence-corrected chi connectivity index (χ3v) is 5.49. The maximum absolute atomic E-state index is 10.0. The predicted octanol–water partition coefficient (Wildman–Crippen LogP) is 3.54. The molecule has 2 aromatic rings. The van der Waals surface area contributed by atoms with Crippen molar-refractivity contribution in [1.82, 2.24) is 4.98 Å². The Labute approximate surface area is 130 Å². The van der Waals surface area contributed by atoms with E-state index < -0.39 is 5.72 Å². The molecule has 1 unspecified atom stereocenters. The van der Waals surface area contributed by atoms with E-state index in [2.05, 4.69) is 41.2 Å². The van der Waals surface area contributed by atoms with Crippen molar-refractivity contribution in [2.24, 2.45) is 4.99 Å². The number of aliphatic hydroxyl groups is 1. The Bertz CT molecular complexity index is 653. The van der Waals surface area contributed by atoms with Gasteiger partial charge in [-0.05, 0) is 6.92 Å². The number of thioether (sulfide) groups is 1. The lowest BCUT2D eigenvalue weighted by molar-refractivity contribution is 0.103. The van der Waals surface area contributed by atoms with Gasteiger partial charge in [-0.3, -0.25) is 0 Å². The Morgan fingerprint density at radius 3 is 2.75 bits per heavy atom. The molecule has 3 nitrogen and oxygen atoms in total. The second kappa shape index (κ2) is 5.48. The molecule has 1 aliphatic rings. The van der Waals surface area contributed by atoms with E-state index in [1.165, 1.54) is 17.3 Å². The first-order valence-electron chi connectivity index (χ1n) is 6.14. The first kappa shape index (κ1) is 14.1. The second-order valence-corrected chi connectivity index (χ2v) is 6.82. The number of aryl methyl sites for hydroxylation is 1. The fraction of sp³-hybridized carbons (Fsp3) is 0.286. The molecular formula is C14H13ClN2OS2. The summed E-state index contributed by atoms with van der Waals surface area (Å²) in [7, 11) is 0. The molecule has 0 bridgehead atoms. The topological polar surface area (TPSA) is 45.5 Å². The zero-order valence-corrected chi connectivity index (χ0v) is 13.2. The van der Waals surface area contributed by atoms with Gasteiger partial charge >= 0.3 is 0 Å². The SMILES string of the molecule is Cc1ccc(-c2nc(C3=NC(O)(CCl)CS3)cs2)cc1. The third-order valence-electron chi connectivity index (χ3n) is 2.99. The number of hydrogen-bond acceptors (Lipinski definition) is 5. The van der Waals surface area contributed by atoms with Crippen molar-refractivity contribution < 1.29 is 5.11 Å². The molecule has 0 aliphatic carbocycles. The number of alkyl halides is 1. The van der Waals surface area contributed by atoms with Crippen LogP contribution in [0, 0.1) is 6.92 Å². The van der Waals surface area contributed by atoms with E-state index in [0.29, 0.717) is 5.75 Å². The summed E-state index contributed by atoms with van der Waals surface area (Å²) >= 11 is 8.81. The molecule has 6 heteroatoms. The maximum Gasteiger partial charge on any atom is 0.180 e. The molecular weight excluding hydrogens is 312 g/mol. The summed E-state index contributed by atoms with van der Waals surface area (Å²) in [5.41, 5.74) is 2.00. The highest BCUT2D eigenvalue weighted by molar-refractivity contribution is 8.14. The summed E-state index contributed by atoms with van der Waals surface area (Å²) in [4.78, 5) is 8.88. The quantitative estimate of drug-likeness (QED) is 0.878. The highest BCUT2D eigenvalue weighted by atomic mass is 35.5. The molecule has 1 N–H and O–H groups in total. The first-order valence-corrected chi connectivity index (χ1v) is 8.53. The average molecular weight is 325 g/mol. The van der Waals surface area contributed by atoms with Gasteiger partial charge in [0.05, 0.1) is 11.6 Å². The Morgan fingerprint density at radius 2 is 2.10 bits per heavy atom. The third kappa shape index (κ3) is 2.76. The number of benzene rings is 1. The lowest BCUT2D eigenvalue weighted by atomic mass is 10.2. The highest BCUT2D eigenvalue weighted by Crippen LogP contribution is 2.32. The molecule has 0 spiro atoms. The smallest absolute Gasteiger partial charge is 0.180 e. The van der Waals surface area contributed by atoms with Gasteiger partial charge in [-0.1, -0.05) is 41.6 Å². The number of rotatable bonds is 3. The Hall–Kier alpha value is -0.880. The number of hydrogen-bond donors (Lipinski definition) is 1. The molecule has 0 radical (unpaired) electrons.